The van der Waals surface area contributed by atoms with Crippen LogP contribution in [0.25, 0.3) is 0 Å². The fourth-order valence-corrected chi connectivity index (χ4v) is 1.26. The minimum absolute atomic E-state index is 0.119. The van der Waals surface area contributed by atoms with Crippen molar-refractivity contribution in [2.24, 2.45) is 0 Å². The highest BCUT2D eigenvalue weighted by molar-refractivity contribution is 5.73. The Bertz CT molecular complexity index is 241. The van der Waals surface area contributed by atoms with Crippen molar-refractivity contribution in [2.75, 3.05) is 13.6 Å². The lowest BCUT2D eigenvalue weighted by Crippen LogP contribution is -2.25. The fourth-order valence-electron chi connectivity index (χ4n) is 1.26. The zero-order valence-electron chi connectivity index (χ0n) is 10.4. The van der Waals surface area contributed by atoms with Gasteiger partial charge in [-0.25, -0.2) is 0 Å². The van der Waals surface area contributed by atoms with Gasteiger partial charge in [0.1, 0.15) is 0 Å². The molecule has 15 heavy (non-hydrogen) atoms. The molecule has 0 N–H and O–H groups in total. The van der Waals surface area contributed by atoms with Crippen LogP contribution in [-0.2, 0) is 4.79 Å². The van der Waals surface area contributed by atoms with E-state index in [1.54, 1.807) is 11.8 Å². The molecule has 0 bridgehead atoms. The highest BCUT2D eigenvalue weighted by Crippen LogP contribution is 2.02. The van der Waals surface area contributed by atoms with Gasteiger partial charge in [0.2, 0.25) is 5.91 Å². The maximum Gasteiger partial charge on any atom is 0.219 e. The fraction of sp³-hybridized carbons (Fsp3) is 0.615. The molecule has 0 atom stereocenters. The lowest BCUT2D eigenvalue weighted by atomic mass is 10.2. The molecule has 0 rings (SSSR count). The van der Waals surface area contributed by atoms with Gasteiger partial charge in [0.05, 0.1) is 0 Å². The summed E-state index contributed by atoms with van der Waals surface area (Å²) in [6, 6.07) is 0. The van der Waals surface area contributed by atoms with E-state index in [4.69, 9.17) is 0 Å². The third-order valence-corrected chi connectivity index (χ3v) is 2.25. The van der Waals surface area contributed by atoms with Crippen LogP contribution in [0.5, 0.6) is 0 Å². The zero-order chi connectivity index (χ0) is 11.7. The number of carbonyl (C=O) groups excluding carboxylic acids is 1. The maximum atomic E-state index is 11.0. The Kier molecular flexibility index (Phi) is 7.69. The molecule has 0 aliphatic rings. The SMILES string of the molecule is CC/C=C\CC/C=C(\C)CN(C)C(C)=O. The Morgan fingerprint density at radius 1 is 1.20 bits per heavy atom. The second kappa shape index (κ2) is 8.27. The van der Waals surface area contributed by atoms with Gasteiger partial charge in [0.25, 0.3) is 0 Å². The summed E-state index contributed by atoms with van der Waals surface area (Å²) in [4.78, 5) is 12.7. The first kappa shape index (κ1) is 13.9. The molecule has 0 aliphatic heterocycles. The first-order chi connectivity index (χ1) is 7.07. The summed E-state index contributed by atoms with van der Waals surface area (Å²) < 4.78 is 0. The van der Waals surface area contributed by atoms with E-state index in [0.717, 1.165) is 25.8 Å². The van der Waals surface area contributed by atoms with E-state index >= 15 is 0 Å². The summed E-state index contributed by atoms with van der Waals surface area (Å²) >= 11 is 0. The van der Waals surface area contributed by atoms with Gasteiger partial charge >= 0.3 is 0 Å². The molecule has 0 aliphatic carbocycles. The average molecular weight is 209 g/mol. The van der Waals surface area contributed by atoms with Crippen LogP contribution in [0.2, 0.25) is 0 Å². The number of nitrogens with zero attached hydrogens (tertiary/aromatic N) is 1. The standard InChI is InChI=1S/C13H23NO/c1-5-6-7-8-9-10-12(2)11-14(4)13(3)15/h6-7,10H,5,8-9,11H2,1-4H3/b7-6-,12-10+. The molecule has 1 amide bonds. The van der Waals surface area contributed by atoms with Crippen molar-refractivity contribution in [1.29, 1.82) is 0 Å². The predicted octanol–water partition coefficient (Wildman–Crippen LogP) is 3.16. The third kappa shape index (κ3) is 7.98. The Morgan fingerprint density at radius 3 is 2.40 bits per heavy atom. The molecule has 86 valence electrons. The lowest BCUT2D eigenvalue weighted by Gasteiger charge is -2.14. The van der Waals surface area contributed by atoms with Crippen molar-refractivity contribution < 1.29 is 4.79 Å². The van der Waals surface area contributed by atoms with E-state index in [1.165, 1.54) is 5.57 Å². The van der Waals surface area contributed by atoms with Crippen molar-refractivity contribution in [3.05, 3.63) is 23.8 Å². The van der Waals surface area contributed by atoms with Gasteiger partial charge in [0.15, 0.2) is 0 Å². The van der Waals surface area contributed by atoms with E-state index in [9.17, 15) is 4.79 Å². The van der Waals surface area contributed by atoms with Crippen molar-refractivity contribution in [1.82, 2.24) is 4.90 Å². The summed E-state index contributed by atoms with van der Waals surface area (Å²) in [5.41, 5.74) is 1.26. The normalized spacial score (nSPS) is 12.1. The molecule has 2 heteroatoms. The number of hydrogen-bond donors (Lipinski definition) is 0. The summed E-state index contributed by atoms with van der Waals surface area (Å²) in [7, 11) is 1.83. The summed E-state index contributed by atoms with van der Waals surface area (Å²) in [6.07, 6.45) is 9.86. The van der Waals surface area contributed by atoms with Gasteiger partial charge in [-0.15, -0.1) is 0 Å². The molecular formula is C13H23NO. The number of unbranched alkanes of at least 4 members (excludes halogenated alkanes) is 1. The van der Waals surface area contributed by atoms with Gasteiger partial charge in [-0.3, -0.25) is 4.79 Å². The van der Waals surface area contributed by atoms with Gasteiger partial charge in [-0.05, 0) is 26.2 Å². The predicted molar refractivity (Wildman–Crippen MR) is 65.7 cm³/mol. The smallest absolute Gasteiger partial charge is 0.219 e. The first-order valence-corrected chi connectivity index (χ1v) is 5.60. The van der Waals surface area contributed by atoms with E-state index in [2.05, 4.69) is 32.1 Å². The van der Waals surface area contributed by atoms with Gasteiger partial charge in [-0.2, -0.15) is 0 Å². The van der Waals surface area contributed by atoms with Crippen molar-refractivity contribution in [2.45, 2.75) is 40.0 Å². The van der Waals surface area contributed by atoms with E-state index < -0.39 is 0 Å². The quantitative estimate of drug-likeness (QED) is 0.486. The molecule has 0 saturated heterocycles. The molecule has 0 saturated carbocycles. The Balaban J connectivity index is 3.79. The highest BCUT2D eigenvalue weighted by atomic mass is 16.2. The topological polar surface area (TPSA) is 20.3 Å². The first-order valence-electron chi connectivity index (χ1n) is 5.60. The molecule has 0 aromatic carbocycles. The molecule has 0 heterocycles. The monoisotopic (exact) mass is 209 g/mol. The zero-order valence-corrected chi connectivity index (χ0v) is 10.4. The summed E-state index contributed by atoms with van der Waals surface area (Å²) in [5.74, 6) is 0.119. The number of rotatable bonds is 6. The van der Waals surface area contributed by atoms with E-state index in [1.807, 2.05) is 7.05 Å². The van der Waals surface area contributed by atoms with E-state index in [-0.39, 0.29) is 5.91 Å². The Hall–Kier alpha value is -1.05. The molecule has 0 aromatic rings. The maximum absolute atomic E-state index is 11.0. The average Bonchev–Trinajstić information content (AvgIpc) is 2.17. The molecule has 0 spiro atoms. The second-order valence-electron chi connectivity index (χ2n) is 3.88. The molecule has 2 nitrogen and oxygen atoms in total. The highest BCUT2D eigenvalue weighted by Gasteiger charge is 2.01. The van der Waals surface area contributed by atoms with Crippen molar-refractivity contribution >= 4 is 5.91 Å². The third-order valence-electron chi connectivity index (χ3n) is 2.25. The summed E-state index contributed by atoms with van der Waals surface area (Å²) in [6.45, 7) is 6.55. The van der Waals surface area contributed by atoms with Crippen LogP contribution in [0.4, 0.5) is 0 Å². The van der Waals surface area contributed by atoms with Gasteiger partial charge in [-0.1, -0.05) is 30.7 Å². The number of hydrogen-bond acceptors (Lipinski definition) is 1. The summed E-state index contributed by atoms with van der Waals surface area (Å²) in [5, 5.41) is 0. The van der Waals surface area contributed by atoms with Crippen LogP contribution in [-0.4, -0.2) is 24.4 Å². The van der Waals surface area contributed by atoms with Crippen molar-refractivity contribution in [3.8, 4) is 0 Å². The van der Waals surface area contributed by atoms with Crippen LogP contribution in [0.1, 0.15) is 40.0 Å². The molecule has 0 fully saturated rings. The lowest BCUT2D eigenvalue weighted by molar-refractivity contribution is -0.127. The number of amides is 1. The molecule has 0 unspecified atom stereocenters. The minimum Gasteiger partial charge on any atom is -0.342 e. The largest absolute Gasteiger partial charge is 0.342 e. The second-order valence-corrected chi connectivity index (χ2v) is 3.88. The number of allylic oxidation sites excluding steroid dienone is 3. The minimum atomic E-state index is 0.119. The molecule has 0 radical (unpaired) electrons. The van der Waals surface area contributed by atoms with Crippen molar-refractivity contribution in [3.63, 3.8) is 0 Å². The van der Waals surface area contributed by atoms with Gasteiger partial charge in [0, 0.05) is 20.5 Å². The number of likely N-dealkylation sites (N-methyl/N-ethyl adjacent to an activating group) is 1. The Labute approximate surface area is 93.7 Å². The van der Waals surface area contributed by atoms with E-state index in [0.29, 0.717) is 0 Å². The van der Waals surface area contributed by atoms with Crippen LogP contribution >= 0.6 is 0 Å². The van der Waals surface area contributed by atoms with Gasteiger partial charge < -0.3 is 4.90 Å². The van der Waals surface area contributed by atoms with Crippen LogP contribution in [0.3, 0.4) is 0 Å². The van der Waals surface area contributed by atoms with Crippen LogP contribution < -0.4 is 0 Å². The van der Waals surface area contributed by atoms with Crippen LogP contribution in [0, 0.1) is 0 Å². The Morgan fingerprint density at radius 2 is 1.87 bits per heavy atom. The van der Waals surface area contributed by atoms with Crippen LogP contribution in [0.15, 0.2) is 23.8 Å². The molecular weight excluding hydrogens is 186 g/mol. The molecule has 0 aromatic heterocycles. The number of carbonyl (C=O) groups is 1.